The second-order valence-corrected chi connectivity index (χ2v) is 4.48. The van der Waals surface area contributed by atoms with Gasteiger partial charge in [-0.2, -0.15) is 0 Å². The summed E-state index contributed by atoms with van der Waals surface area (Å²) < 4.78 is 5.13. The Labute approximate surface area is 106 Å². The molecule has 1 aromatic rings. The Kier molecular flexibility index (Phi) is 4.91. The van der Waals surface area contributed by atoms with Crippen LogP contribution in [0.4, 0.5) is 17.1 Å². The van der Waals surface area contributed by atoms with Crippen LogP contribution in [-0.4, -0.2) is 24.7 Å². The van der Waals surface area contributed by atoms with Gasteiger partial charge in [0.15, 0.2) is 0 Å². The van der Waals surface area contributed by atoms with Crippen LogP contribution in [0.15, 0.2) is 18.2 Å². The number of benzene rings is 1. The van der Waals surface area contributed by atoms with E-state index in [-0.39, 0.29) is 17.4 Å². The second-order valence-electron chi connectivity index (χ2n) is 4.48. The molecule has 0 saturated heterocycles. The van der Waals surface area contributed by atoms with Gasteiger partial charge in [0.25, 0.3) is 5.69 Å². The summed E-state index contributed by atoms with van der Waals surface area (Å²) >= 11 is 0. The molecule has 1 atom stereocenters. The summed E-state index contributed by atoms with van der Waals surface area (Å²) in [6, 6.07) is 4.76. The number of nitro groups is 1. The van der Waals surface area contributed by atoms with E-state index >= 15 is 0 Å². The van der Waals surface area contributed by atoms with Gasteiger partial charge in [-0.1, -0.05) is 13.8 Å². The van der Waals surface area contributed by atoms with Crippen molar-refractivity contribution >= 4 is 17.1 Å². The Morgan fingerprint density at radius 3 is 2.61 bits per heavy atom. The van der Waals surface area contributed by atoms with Crippen molar-refractivity contribution in [3.8, 4) is 0 Å². The summed E-state index contributed by atoms with van der Waals surface area (Å²) in [5, 5.41) is 13.9. The maximum absolute atomic E-state index is 10.7. The molecule has 0 saturated carbocycles. The number of hydrogen-bond donors (Lipinski definition) is 2. The highest BCUT2D eigenvalue weighted by Gasteiger charge is 2.15. The molecule has 6 heteroatoms. The third-order valence-electron chi connectivity index (χ3n) is 2.73. The van der Waals surface area contributed by atoms with Crippen LogP contribution in [0.3, 0.4) is 0 Å². The molecule has 1 aromatic carbocycles. The third-order valence-corrected chi connectivity index (χ3v) is 2.73. The molecule has 0 aromatic heterocycles. The van der Waals surface area contributed by atoms with Crippen molar-refractivity contribution in [3.05, 3.63) is 28.3 Å². The summed E-state index contributed by atoms with van der Waals surface area (Å²) in [5.74, 6) is 0.376. The van der Waals surface area contributed by atoms with Gasteiger partial charge in [0.1, 0.15) is 5.69 Å². The van der Waals surface area contributed by atoms with Crippen molar-refractivity contribution in [3.63, 3.8) is 0 Å². The number of nitrogens with two attached hydrogens (primary N) is 1. The molecule has 0 amide bonds. The van der Waals surface area contributed by atoms with Crippen molar-refractivity contribution in [2.45, 2.75) is 19.9 Å². The van der Waals surface area contributed by atoms with Crippen LogP contribution in [0.5, 0.6) is 0 Å². The third kappa shape index (κ3) is 3.59. The molecule has 100 valence electrons. The lowest BCUT2D eigenvalue weighted by molar-refractivity contribution is -0.383. The van der Waals surface area contributed by atoms with E-state index < -0.39 is 4.92 Å². The van der Waals surface area contributed by atoms with Crippen LogP contribution in [-0.2, 0) is 4.74 Å². The van der Waals surface area contributed by atoms with E-state index in [4.69, 9.17) is 10.5 Å². The monoisotopic (exact) mass is 253 g/mol. The molecule has 0 aliphatic rings. The summed E-state index contributed by atoms with van der Waals surface area (Å²) in [6.07, 6.45) is 0. The van der Waals surface area contributed by atoms with E-state index in [1.54, 1.807) is 19.2 Å². The van der Waals surface area contributed by atoms with Gasteiger partial charge in [-0.15, -0.1) is 0 Å². The van der Waals surface area contributed by atoms with E-state index in [1.165, 1.54) is 6.07 Å². The minimum Gasteiger partial charge on any atom is -0.393 e. The molecule has 3 N–H and O–H groups in total. The predicted octanol–water partition coefficient (Wildman–Crippen LogP) is 2.26. The summed E-state index contributed by atoms with van der Waals surface area (Å²) in [6.45, 7) is 4.71. The fourth-order valence-corrected chi connectivity index (χ4v) is 1.60. The number of hydrogen-bond acceptors (Lipinski definition) is 5. The van der Waals surface area contributed by atoms with Crippen LogP contribution in [0.1, 0.15) is 13.8 Å². The highest BCUT2D eigenvalue weighted by atomic mass is 16.6. The number of anilines is 2. The number of nitrogens with one attached hydrogen (secondary N) is 1. The van der Waals surface area contributed by atoms with Crippen molar-refractivity contribution < 1.29 is 9.66 Å². The molecule has 1 unspecified atom stereocenters. The molecule has 0 heterocycles. The van der Waals surface area contributed by atoms with Gasteiger partial charge in [0.2, 0.25) is 0 Å². The zero-order chi connectivity index (χ0) is 13.7. The summed E-state index contributed by atoms with van der Waals surface area (Å²) in [4.78, 5) is 10.2. The standard InChI is InChI=1S/C12H19N3O3/c1-8(2)11(7-18-3)14-9-4-5-12(15(16)17)10(13)6-9/h4-6,8,11,14H,7,13H2,1-3H3. The largest absolute Gasteiger partial charge is 0.393 e. The fourth-order valence-electron chi connectivity index (χ4n) is 1.60. The molecule has 0 aliphatic carbocycles. The second kappa shape index (κ2) is 6.20. The minimum atomic E-state index is -0.492. The average molecular weight is 253 g/mol. The van der Waals surface area contributed by atoms with Gasteiger partial charge < -0.3 is 15.8 Å². The van der Waals surface area contributed by atoms with Gasteiger partial charge >= 0.3 is 0 Å². The topological polar surface area (TPSA) is 90.4 Å². The Bertz CT molecular complexity index is 421. The Morgan fingerprint density at radius 2 is 2.17 bits per heavy atom. The van der Waals surface area contributed by atoms with Crippen LogP contribution >= 0.6 is 0 Å². The highest BCUT2D eigenvalue weighted by Crippen LogP contribution is 2.25. The van der Waals surface area contributed by atoms with Crippen molar-refractivity contribution in [2.24, 2.45) is 5.92 Å². The zero-order valence-electron chi connectivity index (χ0n) is 10.8. The maximum atomic E-state index is 10.7. The first-order chi connectivity index (χ1) is 8.45. The van der Waals surface area contributed by atoms with Crippen LogP contribution in [0, 0.1) is 16.0 Å². The molecule has 0 radical (unpaired) electrons. The number of nitrogens with zero attached hydrogens (tertiary/aromatic N) is 1. The first-order valence-electron chi connectivity index (χ1n) is 5.75. The lowest BCUT2D eigenvalue weighted by atomic mass is 10.0. The van der Waals surface area contributed by atoms with Crippen molar-refractivity contribution in [2.75, 3.05) is 24.8 Å². The van der Waals surface area contributed by atoms with Gasteiger partial charge in [-0.05, 0) is 18.1 Å². The molecule has 0 spiro atoms. The Morgan fingerprint density at radius 1 is 1.50 bits per heavy atom. The van der Waals surface area contributed by atoms with Crippen molar-refractivity contribution in [1.82, 2.24) is 0 Å². The van der Waals surface area contributed by atoms with Gasteiger partial charge in [-0.3, -0.25) is 10.1 Å². The van der Waals surface area contributed by atoms with Crippen LogP contribution in [0.2, 0.25) is 0 Å². The summed E-state index contributed by atoms with van der Waals surface area (Å²) in [7, 11) is 1.64. The number of methoxy groups -OCH3 is 1. The molecule has 6 nitrogen and oxygen atoms in total. The SMILES string of the molecule is COCC(Nc1ccc([N+](=O)[O-])c(N)c1)C(C)C. The number of nitro benzene ring substituents is 1. The van der Waals surface area contributed by atoms with Crippen LogP contribution in [0.25, 0.3) is 0 Å². The lowest BCUT2D eigenvalue weighted by Crippen LogP contribution is -2.30. The smallest absolute Gasteiger partial charge is 0.292 e. The molecular weight excluding hydrogens is 234 g/mol. The zero-order valence-corrected chi connectivity index (χ0v) is 10.8. The van der Waals surface area contributed by atoms with E-state index in [0.29, 0.717) is 12.5 Å². The fraction of sp³-hybridized carbons (Fsp3) is 0.500. The molecule has 1 rings (SSSR count). The molecule has 0 fully saturated rings. The van der Waals surface area contributed by atoms with E-state index in [9.17, 15) is 10.1 Å². The van der Waals surface area contributed by atoms with Gasteiger partial charge in [0, 0.05) is 18.9 Å². The normalized spacial score (nSPS) is 12.4. The lowest BCUT2D eigenvalue weighted by Gasteiger charge is -2.22. The molecular formula is C12H19N3O3. The molecule has 0 bridgehead atoms. The quantitative estimate of drug-likeness (QED) is 0.461. The number of rotatable bonds is 6. The predicted molar refractivity (Wildman–Crippen MR) is 71.6 cm³/mol. The first-order valence-corrected chi connectivity index (χ1v) is 5.75. The number of nitrogen functional groups attached to an aromatic ring is 1. The first kappa shape index (κ1) is 14.2. The summed E-state index contributed by atoms with van der Waals surface area (Å²) in [5.41, 5.74) is 6.48. The van der Waals surface area contributed by atoms with E-state index in [2.05, 4.69) is 19.2 Å². The van der Waals surface area contributed by atoms with Crippen LogP contribution < -0.4 is 11.1 Å². The van der Waals surface area contributed by atoms with E-state index in [0.717, 1.165) is 5.69 Å². The number of ether oxygens (including phenoxy) is 1. The van der Waals surface area contributed by atoms with Crippen molar-refractivity contribution in [1.29, 1.82) is 0 Å². The van der Waals surface area contributed by atoms with Gasteiger partial charge in [0.05, 0.1) is 17.6 Å². The molecule has 18 heavy (non-hydrogen) atoms. The Balaban J connectivity index is 2.84. The maximum Gasteiger partial charge on any atom is 0.292 e. The minimum absolute atomic E-state index is 0.0756. The van der Waals surface area contributed by atoms with E-state index in [1.807, 2.05) is 0 Å². The average Bonchev–Trinajstić information content (AvgIpc) is 2.27. The highest BCUT2D eigenvalue weighted by molar-refractivity contribution is 5.66. The molecule has 0 aliphatic heterocycles. The Hall–Kier alpha value is -1.82. The van der Waals surface area contributed by atoms with Gasteiger partial charge in [-0.25, -0.2) is 0 Å².